The largest absolute Gasteiger partial charge is 0.379 e. The summed E-state index contributed by atoms with van der Waals surface area (Å²) >= 11 is 6.00. The summed E-state index contributed by atoms with van der Waals surface area (Å²) in [4.78, 5) is 39.5. The van der Waals surface area contributed by atoms with Gasteiger partial charge < -0.3 is 5.32 Å². The number of carbonyl (C=O) groups excluding carboxylic acids is 3. The first kappa shape index (κ1) is 21.6. The van der Waals surface area contributed by atoms with E-state index in [1.165, 1.54) is 24.3 Å². The molecule has 3 unspecified atom stereocenters. The van der Waals surface area contributed by atoms with Gasteiger partial charge >= 0.3 is 0 Å². The molecule has 5 rings (SSSR count). The van der Waals surface area contributed by atoms with E-state index in [-0.39, 0.29) is 23.3 Å². The fourth-order valence-corrected chi connectivity index (χ4v) is 4.81. The Morgan fingerprint density at radius 3 is 2.64 bits per heavy atom. The monoisotopic (exact) mass is 464 g/mol. The Kier molecular flexibility index (Phi) is 5.41. The third-order valence-electron chi connectivity index (χ3n) is 6.61. The standard InChI is InChI=1S/C26H22ClFN2O3/c1-14-12-17(6-7-19(14)27)22(31)9-3-15-2-8-21(20(28)13-15)30-25(32)23-18(16-4-5-16)10-11-29-24(23)26(30)33/h2-3,6-13,16,18,23-24,29H,4-5H2,1H3/b9-3+. The molecule has 2 aliphatic heterocycles. The number of hydrogen-bond acceptors (Lipinski definition) is 4. The van der Waals surface area contributed by atoms with Crippen LogP contribution in [-0.2, 0) is 9.59 Å². The number of ketones is 1. The Labute approximate surface area is 195 Å². The fourth-order valence-electron chi connectivity index (χ4n) is 4.69. The average molecular weight is 465 g/mol. The van der Waals surface area contributed by atoms with Gasteiger partial charge in [-0.15, -0.1) is 0 Å². The Balaban J connectivity index is 1.36. The summed E-state index contributed by atoms with van der Waals surface area (Å²) in [5, 5.41) is 3.57. The van der Waals surface area contributed by atoms with Crippen LogP contribution >= 0.6 is 11.6 Å². The van der Waals surface area contributed by atoms with Gasteiger partial charge in [0, 0.05) is 10.6 Å². The lowest BCUT2D eigenvalue weighted by Crippen LogP contribution is -2.43. The predicted octanol–water partition coefficient (Wildman–Crippen LogP) is 4.68. The second-order valence-corrected chi connectivity index (χ2v) is 9.24. The molecule has 1 saturated carbocycles. The van der Waals surface area contributed by atoms with E-state index < -0.39 is 23.7 Å². The van der Waals surface area contributed by atoms with Crippen molar-refractivity contribution in [2.45, 2.75) is 25.8 Å². The lowest BCUT2D eigenvalue weighted by atomic mass is 9.82. The number of rotatable bonds is 5. The average Bonchev–Trinajstić information content (AvgIpc) is 3.62. The van der Waals surface area contributed by atoms with E-state index in [1.807, 2.05) is 13.0 Å². The van der Waals surface area contributed by atoms with Crippen molar-refractivity contribution in [1.29, 1.82) is 0 Å². The van der Waals surface area contributed by atoms with E-state index in [9.17, 15) is 14.4 Å². The van der Waals surface area contributed by atoms with E-state index >= 15 is 4.39 Å². The molecule has 168 valence electrons. The maximum Gasteiger partial charge on any atom is 0.257 e. The molecule has 2 amide bonds. The van der Waals surface area contributed by atoms with Gasteiger partial charge in [-0.3, -0.25) is 14.4 Å². The van der Waals surface area contributed by atoms with Gasteiger partial charge in [-0.05, 0) is 85.3 Å². The van der Waals surface area contributed by atoms with Gasteiger partial charge in [-0.2, -0.15) is 0 Å². The van der Waals surface area contributed by atoms with Crippen LogP contribution in [0, 0.1) is 30.5 Å². The topological polar surface area (TPSA) is 66.5 Å². The van der Waals surface area contributed by atoms with Crippen molar-refractivity contribution in [1.82, 2.24) is 5.32 Å². The Hall–Kier alpha value is -3.25. The van der Waals surface area contributed by atoms with Crippen LogP contribution in [0.3, 0.4) is 0 Å². The third kappa shape index (κ3) is 3.89. The van der Waals surface area contributed by atoms with Gasteiger partial charge in [0.2, 0.25) is 5.91 Å². The van der Waals surface area contributed by atoms with Crippen molar-refractivity contribution >= 4 is 41.0 Å². The van der Waals surface area contributed by atoms with Gasteiger partial charge in [-0.1, -0.05) is 29.8 Å². The number of imide groups is 1. The molecule has 3 atom stereocenters. The molecule has 5 nitrogen and oxygen atoms in total. The number of halogens is 2. The fraction of sp³-hybridized carbons (Fsp3) is 0.269. The van der Waals surface area contributed by atoms with Crippen molar-refractivity contribution in [3.05, 3.63) is 82.3 Å². The molecular weight excluding hydrogens is 443 g/mol. The van der Waals surface area contributed by atoms with Gasteiger partial charge in [0.05, 0.1) is 11.6 Å². The molecule has 0 bridgehead atoms. The summed E-state index contributed by atoms with van der Waals surface area (Å²) in [5.41, 5.74) is 1.66. The summed E-state index contributed by atoms with van der Waals surface area (Å²) in [6, 6.07) is 8.55. The maximum atomic E-state index is 15.0. The number of allylic oxidation sites excluding steroid dienone is 2. The lowest BCUT2D eigenvalue weighted by molar-refractivity contribution is -0.122. The van der Waals surface area contributed by atoms with Crippen LogP contribution in [0.15, 0.2) is 54.8 Å². The van der Waals surface area contributed by atoms with Gasteiger partial charge in [0.1, 0.15) is 11.9 Å². The second-order valence-electron chi connectivity index (χ2n) is 8.83. The number of fused-ring (bicyclic) bond motifs is 1. The van der Waals surface area contributed by atoms with E-state index in [4.69, 9.17) is 11.6 Å². The Morgan fingerprint density at radius 2 is 1.94 bits per heavy atom. The first-order chi connectivity index (χ1) is 15.8. The highest BCUT2D eigenvalue weighted by Gasteiger charge is 2.55. The molecule has 33 heavy (non-hydrogen) atoms. The van der Waals surface area contributed by atoms with Crippen LogP contribution in [0.5, 0.6) is 0 Å². The van der Waals surface area contributed by atoms with Crippen LogP contribution in [0.25, 0.3) is 6.08 Å². The summed E-state index contributed by atoms with van der Waals surface area (Å²) in [5.74, 6) is -1.82. The number of carbonyl (C=O) groups is 3. The normalized spacial score (nSPS) is 24.3. The van der Waals surface area contributed by atoms with E-state index in [0.717, 1.165) is 23.3 Å². The zero-order valence-corrected chi connectivity index (χ0v) is 18.7. The highest BCUT2D eigenvalue weighted by Crippen LogP contribution is 2.46. The molecule has 0 aromatic heterocycles. The smallest absolute Gasteiger partial charge is 0.257 e. The number of nitrogens with one attached hydrogen (secondary N) is 1. The minimum absolute atomic E-state index is 0.00508. The first-order valence-corrected chi connectivity index (χ1v) is 11.3. The van der Waals surface area contributed by atoms with Gasteiger partial charge in [-0.25, -0.2) is 9.29 Å². The molecule has 1 N–H and O–H groups in total. The highest BCUT2D eigenvalue weighted by atomic mass is 35.5. The lowest BCUT2D eigenvalue weighted by Gasteiger charge is -2.27. The van der Waals surface area contributed by atoms with E-state index in [1.54, 1.807) is 30.5 Å². The quantitative estimate of drug-likeness (QED) is 0.396. The molecule has 0 radical (unpaired) electrons. The van der Waals surface area contributed by atoms with Crippen molar-refractivity contribution in [2.24, 2.45) is 17.8 Å². The van der Waals surface area contributed by atoms with Crippen LogP contribution in [-0.4, -0.2) is 23.6 Å². The molecule has 1 aliphatic carbocycles. The number of nitrogens with zero attached hydrogens (tertiary/aromatic N) is 1. The molecule has 2 heterocycles. The SMILES string of the molecule is Cc1cc(C(=O)/C=C/c2ccc(N3C(=O)C4NC=CC(C5CC5)C4C3=O)c(F)c2)ccc1Cl. The molecule has 3 aliphatic rings. The van der Waals surface area contributed by atoms with Crippen LogP contribution in [0.1, 0.15) is 34.3 Å². The predicted molar refractivity (Wildman–Crippen MR) is 124 cm³/mol. The van der Waals surface area contributed by atoms with Crippen molar-refractivity contribution < 1.29 is 18.8 Å². The molecular formula is C26H22ClFN2O3. The van der Waals surface area contributed by atoms with Crippen LogP contribution in [0.4, 0.5) is 10.1 Å². The van der Waals surface area contributed by atoms with E-state index in [0.29, 0.717) is 22.1 Å². The Morgan fingerprint density at radius 1 is 1.15 bits per heavy atom. The maximum absolute atomic E-state index is 15.0. The number of aryl methyl sites for hydroxylation is 1. The van der Waals surface area contributed by atoms with Crippen LogP contribution in [0.2, 0.25) is 5.02 Å². The zero-order valence-electron chi connectivity index (χ0n) is 17.9. The summed E-state index contributed by atoms with van der Waals surface area (Å²) in [6.45, 7) is 1.81. The molecule has 0 spiro atoms. The van der Waals surface area contributed by atoms with Crippen molar-refractivity contribution in [3.63, 3.8) is 0 Å². The van der Waals surface area contributed by atoms with Gasteiger partial charge in [0.25, 0.3) is 5.91 Å². The molecule has 2 fully saturated rings. The summed E-state index contributed by atoms with van der Waals surface area (Å²) < 4.78 is 15.0. The molecule has 7 heteroatoms. The van der Waals surface area contributed by atoms with Crippen LogP contribution < -0.4 is 10.2 Å². The number of anilines is 1. The second kappa shape index (κ2) is 8.27. The van der Waals surface area contributed by atoms with Crippen molar-refractivity contribution in [3.8, 4) is 0 Å². The zero-order chi connectivity index (χ0) is 23.3. The number of hydrogen-bond donors (Lipinski definition) is 1. The minimum Gasteiger partial charge on any atom is -0.379 e. The summed E-state index contributed by atoms with van der Waals surface area (Å²) in [6.07, 6.45) is 8.64. The minimum atomic E-state index is -0.691. The highest BCUT2D eigenvalue weighted by molar-refractivity contribution is 6.31. The molecule has 1 saturated heterocycles. The molecule has 2 aromatic carbocycles. The van der Waals surface area contributed by atoms with Gasteiger partial charge in [0.15, 0.2) is 5.78 Å². The third-order valence-corrected chi connectivity index (χ3v) is 7.03. The van der Waals surface area contributed by atoms with Crippen molar-refractivity contribution in [2.75, 3.05) is 4.90 Å². The first-order valence-electron chi connectivity index (χ1n) is 10.9. The number of amides is 2. The number of benzene rings is 2. The molecule has 2 aromatic rings. The van der Waals surface area contributed by atoms with E-state index in [2.05, 4.69) is 5.32 Å². The summed E-state index contributed by atoms with van der Waals surface area (Å²) in [7, 11) is 0. The Bertz CT molecular complexity index is 1230.